The standard InChI is InChI=1S/C13H16BrN3O2S/c1-9-13(16-20(3,18)19)10(2)17(15-9)8-11-4-6-12(14)7-5-11/h4-7,16H,8H2,1-3H3. The lowest BCUT2D eigenvalue weighted by atomic mass is 10.2. The zero-order valence-corrected chi connectivity index (χ0v) is 13.9. The number of anilines is 1. The van der Waals surface area contributed by atoms with Crippen LogP contribution >= 0.6 is 15.9 Å². The van der Waals surface area contributed by atoms with Crippen molar-refractivity contribution in [1.82, 2.24) is 9.78 Å². The maximum atomic E-state index is 11.4. The highest BCUT2D eigenvalue weighted by molar-refractivity contribution is 9.10. The highest BCUT2D eigenvalue weighted by Crippen LogP contribution is 2.21. The van der Waals surface area contributed by atoms with Gasteiger partial charge < -0.3 is 0 Å². The summed E-state index contributed by atoms with van der Waals surface area (Å²) in [5.74, 6) is 0. The molecule has 1 aromatic heterocycles. The van der Waals surface area contributed by atoms with Gasteiger partial charge in [0.2, 0.25) is 10.0 Å². The molecular weight excluding hydrogens is 342 g/mol. The molecule has 108 valence electrons. The van der Waals surface area contributed by atoms with E-state index in [1.54, 1.807) is 11.6 Å². The van der Waals surface area contributed by atoms with Crippen LogP contribution in [0.1, 0.15) is 17.0 Å². The third-order valence-electron chi connectivity index (χ3n) is 2.91. The minimum absolute atomic E-state index is 0.560. The van der Waals surface area contributed by atoms with Crippen LogP contribution in [-0.4, -0.2) is 24.5 Å². The summed E-state index contributed by atoms with van der Waals surface area (Å²) in [7, 11) is -3.30. The third-order valence-corrected chi connectivity index (χ3v) is 4.02. The number of sulfonamides is 1. The molecular formula is C13H16BrN3O2S. The number of rotatable bonds is 4. The van der Waals surface area contributed by atoms with Crippen LogP contribution in [0.3, 0.4) is 0 Å². The molecule has 5 nitrogen and oxygen atoms in total. The monoisotopic (exact) mass is 357 g/mol. The van der Waals surface area contributed by atoms with Crippen molar-refractivity contribution in [2.24, 2.45) is 0 Å². The average Bonchev–Trinajstić information content (AvgIpc) is 2.58. The molecule has 2 aromatic rings. The molecule has 0 unspecified atom stereocenters. The van der Waals surface area contributed by atoms with E-state index in [4.69, 9.17) is 0 Å². The highest BCUT2D eigenvalue weighted by Gasteiger charge is 2.14. The number of aromatic nitrogens is 2. The van der Waals surface area contributed by atoms with Crippen molar-refractivity contribution in [3.63, 3.8) is 0 Å². The SMILES string of the molecule is Cc1nn(Cc2ccc(Br)cc2)c(C)c1NS(C)(=O)=O. The van der Waals surface area contributed by atoms with E-state index in [-0.39, 0.29) is 0 Å². The maximum absolute atomic E-state index is 11.4. The van der Waals surface area contributed by atoms with E-state index in [1.807, 2.05) is 31.2 Å². The van der Waals surface area contributed by atoms with Gasteiger partial charge >= 0.3 is 0 Å². The topological polar surface area (TPSA) is 64.0 Å². The largest absolute Gasteiger partial charge is 0.280 e. The molecule has 0 amide bonds. The van der Waals surface area contributed by atoms with E-state index in [2.05, 4.69) is 25.8 Å². The lowest BCUT2D eigenvalue weighted by molar-refractivity contribution is 0.606. The van der Waals surface area contributed by atoms with Crippen molar-refractivity contribution in [2.45, 2.75) is 20.4 Å². The second-order valence-electron chi connectivity index (χ2n) is 4.70. The lowest BCUT2D eigenvalue weighted by Crippen LogP contribution is -2.11. The summed E-state index contributed by atoms with van der Waals surface area (Å²) in [6.45, 7) is 4.25. The van der Waals surface area contributed by atoms with Gasteiger partial charge in [-0.15, -0.1) is 0 Å². The Kier molecular flexibility index (Phi) is 4.19. The van der Waals surface area contributed by atoms with E-state index >= 15 is 0 Å². The van der Waals surface area contributed by atoms with Gasteiger partial charge in [-0.2, -0.15) is 5.10 Å². The summed E-state index contributed by atoms with van der Waals surface area (Å²) in [4.78, 5) is 0. The van der Waals surface area contributed by atoms with Gasteiger partial charge in [-0.25, -0.2) is 8.42 Å². The van der Waals surface area contributed by atoms with Gasteiger partial charge in [0.05, 0.1) is 29.9 Å². The summed E-state index contributed by atoms with van der Waals surface area (Å²) >= 11 is 3.39. The highest BCUT2D eigenvalue weighted by atomic mass is 79.9. The molecule has 1 N–H and O–H groups in total. The van der Waals surface area contributed by atoms with Crippen LogP contribution in [0.5, 0.6) is 0 Å². The Balaban J connectivity index is 2.30. The molecule has 20 heavy (non-hydrogen) atoms. The minimum Gasteiger partial charge on any atom is -0.280 e. The van der Waals surface area contributed by atoms with Crippen molar-refractivity contribution in [1.29, 1.82) is 0 Å². The molecule has 0 aliphatic rings. The van der Waals surface area contributed by atoms with Crippen molar-refractivity contribution in [3.8, 4) is 0 Å². The Morgan fingerprint density at radius 1 is 1.25 bits per heavy atom. The van der Waals surface area contributed by atoms with Crippen molar-refractivity contribution < 1.29 is 8.42 Å². The Morgan fingerprint density at radius 3 is 2.40 bits per heavy atom. The fraction of sp³-hybridized carbons (Fsp3) is 0.308. The average molecular weight is 358 g/mol. The van der Waals surface area contributed by atoms with Crippen LogP contribution in [0.2, 0.25) is 0 Å². The number of halogens is 1. The Hall–Kier alpha value is -1.34. The predicted octanol–water partition coefficient (Wildman–Crippen LogP) is 2.68. The number of hydrogen-bond donors (Lipinski definition) is 1. The fourth-order valence-electron chi connectivity index (χ4n) is 1.95. The maximum Gasteiger partial charge on any atom is 0.229 e. The van der Waals surface area contributed by atoms with Gasteiger partial charge in [0.15, 0.2) is 0 Å². The van der Waals surface area contributed by atoms with Gasteiger partial charge in [-0.1, -0.05) is 28.1 Å². The third kappa shape index (κ3) is 3.61. The van der Waals surface area contributed by atoms with Crippen LogP contribution in [-0.2, 0) is 16.6 Å². The van der Waals surface area contributed by atoms with Crippen LogP contribution in [0.4, 0.5) is 5.69 Å². The van der Waals surface area contributed by atoms with Crippen molar-refractivity contribution >= 4 is 31.6 Å². The van der Waals surface area contributed by atoms with E-state index < -0.39 is 10.0 Å². The zero-order chi connectivity index (χ0) is 14.9. The minimum atomic E-state index is -3.30. The molecule has 7 heteroatoms. The zero-order valence-electron chi connectivity index (χ0n) is 11.5. The van der Waals surface area contributed by atoms with Crippen molar-refractivity contribution in [2.75, 3.05) is 11.0 Å². The molecule has 0 aliphatic carbocycles. The van der Waals surface area contributed by atoms with E-state index in [9.17, 15) is 8.42 Å². The van der Waals surface area contributed by atoms with Crippen LogP contribution < -0.4 is 4.72 Å². The molecule has 0 saturated carbocycles. The van der Waals surface area contributed by atoms with E-state index in [1.165, 1.54) is 0 Å². The molecule has 0 saturated heterocycles. The molecule has 0 fully saturated rings. The first kappa shape index (κ1) is 15.1. The summed E-state index contributed by atoms with van der Waals surface area (Å²) in [6.07, 6.45) is 1.14. The van der Waals surface area contributed by atoms with Gasteiger partial charge in [0.1, 0.15) is 0 Å². The summed E-state index contributed by atoms with van der Waals surface area (Å²) < 4.78 is 28.0. The van der Waals surface area contributed by atoms with Gasteiger partial charge in [-0.3, -0.25) is 9.40 Å². The second-order valence-corrected chi connectivity index (χ2v) is 7.37. The van der Waals surface area contributed by atoms with Crippen molar-refractivity contribution in [3.05, 3.63) is 45.7 Å². The Bertz CT molecular complexity index is 721. The fourth-order valence-corrected chi connectivity index (χ4v) is 2.88. The molecule has 0 atom stereocenters. The predicted molar refractivity (Wildman–Crippen MR) is 83.4 cm³/mol. The van der Waals surface area contributed by atoms with Gasteiger partial charge in [-0.05, 0) is 31.5 Å². The molecule has 0 spiro atoms. The summed E-state index contributed by atoms with van der Waals surface area (Å²) in [6, 6.07) is 7.95. The summed E-state index contributed by atoms with van der Waals surface area (Å²) in [5.41, 5.74) is 3.13. The first-order chi connectivity index (χ1) is 9.26. The summed E-state index contributed by atoms with van der Waals surface area (Å²) in [5, 5.41) is 4.39. The number of hydrogen-bond acceptors (Lipinski definition) is 3. The van der Waals surface area contributed by atoms with Gasteiger partial charge in [0, 0.05) is 4.47 Å². The molecule has 0 radical (unpaired) electrons. The van der Waals surface area contributed by atoms with Crippen LogP contribution in [0.25, 0.3) is 0 Å². The quantitative estimate of drug-likeness (QED) is 0.914. The number of aryl methyl sites for hydroxylation is 1. The van der Waals surface area contributed by atoms with E-state index in [0.717, 1.165) is 22.0 Å². The normalized spacial score (nSPS) is 11.6. The smallest absolute Gasteiger partial charge is 0.229 e. The Labute approximate surface area is 127 Å². The first-order valence-corrected chi connectivity index (χ1v) is 8.71. The Morgan fingerprint density at radius 2 is 1.85 bits per heavy atom. The first-order valence-electron chi connectivity index (χ1n) is 6.02. The van der Waals surface area contributed by atoms with E-state index in [0.29, 0.717) is 17.9 Å². The molecule has 0 aliphatic heterocycles. The number of nitrogens with zero attached hydrogens (tertiary/aromatic N) is 2. The molecule has 2 rings (SSSR count). The number of nitrogens with one attached hydrogen (secondary N) is 1. The number of benzene rings is 1. The molecule has 1 heterocycles. The lowest BCUT2D eigenvalue weighted by Gasteiger charge is -2.06. The molecule has 1 aromatic carbocycles. The van der Waals surface area contributed by atoms with Crippen LogP contribution in [0.15, 0.2) is 28.7 Å². The van der Waals surface area contributed by atoms with Crippen LogP contribution in [0, 0.1) is 13.8 Å². The van der Waals surface area contributed by atoms with Gasteiger partial charge in [0.25, 0.3) is 0 Å². The molecule has 0 bridgehead atoms. The second kappa shape index (κ2) is 5.57.